The van der Waals surface area contributed by atoms with Gasteiger partial charge in [0.15, 0.2) is 0 Å². The highest BCUT2D eigenvalue weighted by molar-refractivity contribution is 5.76. The molecule has 0 spiro atoms. The number of carbonyl (C=O) groups excluding carboxylic acids is 1. The predicted octanol–water partition coefficient (Wildman–Crippen LogP) is -1.29. The van der Waals surface area contributed by atoms with Gasteiger partial charge < -0.3 is 15.7 Å². The molecule has 2 atom stereocenters. The van der Waals surface area contributed by atoms with Crippen LogP contribution in [-0.2, 0) is 17.8 Å². The number of nitrogens with zero attached hydrogens (tertiary/aromatic N) is 6. The first-order chi connectivity index (χ1) is 10.6. The summed E-state index contributed by atoms with van der Waals surface area (Å²) in [5.41, 5.74) is 6.64. The normalized spacial score (nSPS) is 21.2. The number of pyridine rings is 1. The Kier molecular flexibility index (Phi) is 3.96. The van der Waals surface area contributed by atoms with Crippen molar-refractivity contribution in [3.8, 4) is 0 Å². The molecule has 1 aliphatic rings. The fourth-order valence-electron chi connectivity index (χ4n) is 2.63. The first-order valence-corrected chi connectivity index (χ1v) is 7.00. The van der Waals surface area contributed by atoms with E-state index < -0.39 is 6.10 Å². The highest BCUT2D eigenvalue weighted by Gasteiger charge is 2.34. The fourth-order valence-corrected chi connectivity index (χ4v) is 2.63. The van der Waals surface area contributed by atoms with Crippen LogP contribution in [0.3, 0.4) is 0 Å². The van der Waals surface area contributed by atoms with Crippen LogP contribution < -0.4 is 5.73 Å². The second kappa shape index (κ2) is 6.06. The Morgan fingerprint density at radius 1 is 1.36 bits per heavy atom. The molecule has 0 aromatic carbocycles. The van der Waals surface area contributed by atoms with E-state index in [4.69, 9.17) is 5.73 Å². The number of aliphatic hydroxyl groups excluding tert-OH is 1. The van der Waals surface area contributed by atoms with Gasteiger partial charge >= 0.3 is 0 Å². The van der Waals surface area contributed by atoms with Crippen molar-refractivity contribution >= 4 is 11.9 Å². The second-order valence-corrected chi connectivity index (χ2v) is 5.38. The molecule has 3 heterocycles. The van der Waals surface area contributed by atoms with Crippen molar-refractivity contribution in [2.75, 3.05) is 18.8 Å². The van der Waals surface area contributed by atoms with Crippen LogP contribution in [0.2, 0.25) is 0 Å². The van der Waals surface area contributed by atoms with E-state index in [0.717, 1.165) is 5.56 Å². The lowest BCUT2D eigenvalue weighted by Crippen LogP contribution is -2.33. The monoisotopic (exact) mass is 303 g/mol. The van der Waals surface area contributed by atoms with Crippen LogP contribution in [0.15, 0.2) is 24.5 Å². The minimum Gasteiger partial charge on any atom is -0.391 e. The van der Waals surface area contributed by atoms with Crippen LogP contribution in [0, 0.1) is 5.92 Å². The van der Waals surface area contributed by atoms with E-state index in [1.54, 1.807) is 17.3 Å². The van der Waals surface area contributed by atoms with Crippen LogP contribution in [0.25, 0.3) is 0 Å². The third kappa shape index (κ3) is 3.03. The van der Waals surface area contributed by atoms with Crippen molar-refractivity contribution in [1.82, 2.24) is 30.1 Å². The maximum Gasteiger partial charge on any atom is 0.244 e. The number of hydrogen-bond donors (Lipinski definition) is 2. The molecule has 22 heavy (non-hydrogen) atoms. The summed E-state index contributed by atoms with van der Waals surface area (Å²) in [6, 6.07) is 3.83. The number of tetrazole rings is 1. The van der Waals surface area contributed by atoms with Gasteiger partial charge in [0.25, 0.3) is 0 Å². The SMILES string of the molecule is Nc1nnnn1CC(=O)N1C[C@@H](Cc2ccncc2)[C@H](O)C1. The Labute approximate surface area is 126 Å². The minimum atomic E-state index is -0.539. The zero-order valence-corrected chi connectivity index (χ0v) is 11.9. The van der Waals surface area contributed by atoms with Gasteiger partial charge in [-0.2, -0.15) is 0 Å². The number of β-amino-alcohol motifs (C(OH)–C–C–N with tert-alkyl or cyclic N) is 1. The molecule has 3 N–H and O–H groups in total. The van der Waals surface area contributed by atoms with E-state index in [1.807, 2.05) is 12.1 Å². The summed E-state index contributed by atoms with van der Waals surface area (Å²) >= 11 is 0. The minimum absolute atomic E-state index is 0.0116. The van der Waals surface area contributed by atoms with E-state index in [2.05, 4.69) is 20.5 Å². The summed E-state index contributed by atoms with van der Waals surface area (Å²) in [5.74, 6) is -0.0470. The summed E-state index contributed by atoms with van der Waals surface area (Å²) in [5, 5.41) is 20.8. The number of carbonyl (C=O) groups is 1. The van der Waals surface area contributed by atoms with Crippen LogP contribution in [0.4, 0.5) is 5.95 Å². The molecule has 2 aromatic heterocycles. The Hall–Kier alpha value is -2.55. The molecule has 116 valence electrons. The molecule has 0 bridgehead atoms. The van der Waals surface area contributed by atoms with Crippen molar-refractivity contribution < 1.29 is 9.90 Å². The maximum absolute atomic E-state index is 12.2. The van der Waals surface area contributed by atoms with Gasteiger partial charge in [-0.05, 0) is 34.5 Å². The molecule has 3 rings (SSSR count). The Morgan fingerprint density at radius 2 is 2.14 bits per heavy atom. The van der Waals surface area contributed by atoms with Crippen molar-refractivity contribution in [3.05, 3.63) is 30.1 Å². The van der Waals surface area contributed by atoms with Gasteiger partial charge in [-0.3, -0.25) is 9.78 Å². The third-order valence-electron chi connectivity index (χ3n) is 3.85. The van der Waals surface area contributed by atoms with Gasteiger partial charge in [-0.25, -0.2) is 4.68 Å². The molecular weight excluding hydrogens is 286 g/mol. The molecule has 1 saturated heterocycles. The van der Waals surface area contributed by atoms with Crippen LogP contribution in [0.1, 0.15) is 5.56 Å². The first kappa shape index (κ1) is 14.4. The van der Waals surface area contributed by atoms with E-state index in [9.17, 15) is 9.90 Å². The van der Waals surface area contributed by atoms with Gasteiger partial charge in [0.05, 0.1) is 6.10 Å². The molecule has 0 saturated carbocycles. The molecule has 0 aliphatic carbocycles. The van der Waals surface area contributed by atoms with Gasteiger partial charge in [0, 0.05) is 31.4 Å². The number of nitrogens with two attached hydrogens (primary N) is 1. The Balaban J connectivity index is 1.60. The number of aliphatic hydroxyl groups is 1. The molecule has 9 heteroatoms. The van der Waals surface area contributed by atoms with E-state index in [-0.39, 0.29) is 24.3 Å². The molecule has 2 aromatic rings. The fraction of sp³-hybridized carbons (Fsp3) is 0.462. The molecule has 9 nitrogen and oxygen atoms in total. The summed E-state index contributed by atoms with van der Waals surface area (Å²) in [6.45, 7) is 0.800. The Morgan fingerprint density at radius 3 is 2.82 bits per heavy atom. The van der Waals surface area contributed by atoms with Gasteiger partial charge in [0.2, 0.25) is 11.9 Å². The molecule has 1 amide bonds. The molecular formula is C13H17N7O2. The molecule has 1 fully saturated rings. The van der Waals surface area contributed by atoms with Crippen molar-refractivity contribution in [3.63, 3.8) is 0 Å². The number of likely N-dealkylation sites (tertiary alicyclic amines) is 1. The number of nitrogen functional groups attached to an aromatic ring is 1. The lowest BCUT2D eigenvalue weighted by atomic mass is 9.97. The van der Waals surface area contributed by atoms with Gasteiger partial charge in [-0.1, -0.05) is 5.10 Å². The van der Waals surface area contributed by atoms with Gasteiger partial charge in [-0.15, -0.1) is 0 Å². The lowest BCUT2D eigenvalue weighted by Gasteiger charge is -2.16. The van der Waals surface area contributed by atoms with Crippen LogP contribution >= 0.6 is 0 Å². The summed E-state index contributed by atoms with van der Waals surface area (Å²) in [7, 11) is 0. The smallest absolute Gasteiger partial charge is 0.244 e. The first-order valence-electron chi connectivity index (χ1n) is 7.00. The topological polar surface area (TPSA) is 123 Å². The van der Waals surface area contributed by atoms with Gasteiger partial charge in [0.1, 0.15) is 6.54 Å². The average Bonchev–Trinajstić information content (AvgIpc) is 3.07. The van der Waals surface area contributed by atoms with Crippen molar-refractivity contribution in [1.29, 1.82) is 0 Å². The quantitative estimate of drug-likeness (QED) is 0.720. The Bertz CT molecular complexity index is 645. The zero-order valence-electron chi connectivity index (χ0n) is 11.9. The van der Waals surface area contributed by atoms with Crippen molar-refractivity contribution in [2.45, 2.75) is 19.1 Å². The lowest BCUT2D eigenvalue weighted by molar-refractivity contribution is -0.131. The number of aromatic nitrogens is 5. The van der Waals surface area contributed by atoms with E-state index in [0.29, 0.717) is 19.5 Å². The summed E-state index contributed by atoms with van der Waals surface area (Å²) in [6.07, 6.45) is 3.61. The summed E-state index contributed by atoms with van der Waals surface area (Å²) in [4.78, 5) is 17.8. The van der Waals surface area contributed by atoms with E-state index >= 15 is 0 Å². The third-order valence-corrected chi connectivity index (χ3v) is 3.85. The largest absolute Gasteiger partial charge is 0.391 e. The number of amides is 1. The highest BCUT2D eigenvalue weighted by Crippen LogP contribution is 2.21. The average molecular weight is 303 g/mol. The van der Waals surface area contributed by atoms with Crippen molar-refractivity contribution in [2.24, 2.45) is 5.92 Å². The van der Waals surface area contributed by atoms with E-state index in [1.165, 1.54) is 4.68 Å². The number of rotatable bonds is 4. The second-order valence-electron chi connectivity index (χ2n) is 5.38. The molecule has 1 aliphatic heterocycles. The maximum atomic E-state index is 12.2. The highest BCUT2D eigenvalue weighted by atomic mass is 16.3. The zero-order chi connectivity index (χ0) is 15.5. The summed E-state index contributed by atoms with van der Waals surface area (Å²) < 4.78 is 1.24. The number of anilines is 1. The van der Waals surface area contributed by atoms with Crippen LogP contribution in [0.5, 0.6) is 0 Å². The predicted molar refractivity (Wildman–Crippen MR) is 76.2 cm³/mol. The molecule has 0 unspecified atom stereocenters. The molecule has 0 radical (unpaired) electrons. The number of hydrogen-bond acceptors (Lipinski definition) is 7. The standard InChI is InChI=1S/C13H17N7O2/c14-13-16-17-18-20(13)8-12(22)19-6-10(11(21)7-19)5-9-1-3-15-4-2-9/h1-4,10-11,21H,5-8H2,(H2,14,16,18)/t10-,11-/m1/s1. The van der Waals surface area contributed by atoms with Crippen LogP contribution in [-0.4, -0.2) is 60.3 Å².